The molecule has 0 saturated heterocycles. The number of rotatable bonds is 7. The summed E-state index contributed by atoms with van der Waals surface area (Å²) in [4.78, 5) is 0. The van der Waals surface area contributed by atoms with Crippen LogP contribution in [0.15, 0.2) is 42.7 Å². The van der Waals surface area contributed by atoms with Crippen molar-refractivity contribution in [3.63, 3.8) is 0 Å². The number of nitrogens with one attached hydrogen (secondary N) is 1. The van der Waals surface area contributed by atoms with E-state index in [4.69, 9.17) is 0 Å². The molecule has 2 rings (SSSR count). The van der Waals surface area contributed by atoms with E-state index in [1.54, 1.807) is 0 Å². The highest BCUT2D eigenvalue weighted by molar-refractivity contribution is 5.16. The lowest BCUT2D eigenvalue weighted by Crippen LogP contribution is -2.33. The molecule has 0 aliphatic heterocycles. The molecule has 1 heterocycles. The molecule has 0 spiro atoms. The maximum absolute atomic E-state index is 9.48. The highest BCUT2D eigenvalue weighted by Gasteiger charge is 2.09. The number of aliphatic hydroxyl groups excluding tert-OH is 1. The Hall–Kier alpha value is -1.65. The van der Waals surface area contributed by atoms with Crippen LogP contribution in [0.3, 0.4) is 0 Å². The maximum Gasteiger partial charge on any atom is 0.0587 e. The second kappa shape index (κ2) is 7.22. The zero-order valence-electron chi connectivity index (χ0n) is 12.2. The lowest BCUT2D eigenvalue weighted by molar-refractivity contribution is 0.241. The van der Waals surface area contributed by atoms with Crippen molar-refractivity contribution in [1.29, 1.82) is 0 Å². The van der Waals surface area contributed by atoms with Crippen molar-refractivity contribution in [3.8, 4) is 0 Å². The van der Waals surface area contributed by atoms with Gasteiger partial charge in [0.05, 0.1) is 12.8 Å². The van der Waals surface area contributed by atoms with Crippen molar-refractivity contribution in [2.45, 2.75) is 38.9 Å². The van der Waals surface area contributed by atoms with Gasteiger partial charge in [-0.1, -0.05) is 30.3 Å². The summed E-state index contributed by atoms with van der Waals surface area (Å²) < 4.78 is 1.95. The Bertz CT molecular complexity index is 507. The number of hydrogen-bond donors (Lipinski definition) is 2. The standard InChI is InChI=1S/C16H23N3O/c1-13(2)19-11-15(10-18-19)9-17-16(12-20)8-14-6-4-3-5-7-14/h3-7,10-11,13,16-17,20H,8-9,12H2,1-2H3/t16-/m1/s1. The number of benzene rings is 1. The fraction of sp³-hybridized carbons (Fsp3) is 0.438. The molecule has 2 aromatic rings. The minimum atomic E-state index is 0.0693. The number of aromatic nitrogens is 2. The molecule has 0 saturated carbocycles. The molecule has 0 bridgehead atoms. The molecule has 0 radical (unpaired) electrons. The third kappa shape index (κ3) is 4.18. The summed E-state index contributed by atoms with van der Waals surface area (Å²) in [6.45, 7) is 5.07. The van der Waals surface area contributed by atoms with E-state index in [9.17, 15) is 5.11 Å². The topological polar surface area (TPSA) is 50.1 Å². The first-order valence-electron chi connectivity index (χ1n) is 7.10. The van der Waals surface area contributed by atoms with Gasteiger partial charge in [-0.3, -0.25) is 4.68 Å². The molecular formula is C16H23N3O. The van der Waals surface area contributed by atoms with E-state index < -0.39 is 0 Å². The van der Waals surface area contributed by atoms with Crippen LogP contribution in [0.5, 0.6) is 0 Å². The first-order valence-corrected chi connectivity index (χ1v) is 7.10. The highest BCUT2D eigenvalue weighted by atomic mass is 16.3. The van der Waals surface area contributed by atoms with Gasteiger partial charge in [0.25, 0.3) is 0 Å². The van der Waals surface area contributed by atoms with E-state index in [2.05, 4.69) is 42.6 Å². The molecular weight excluding hydrogens is 250 g/mol. The van der Waals surface area contributed by atoms with E-state index >= 15 is 0 Å². The average molecular weight is 273 g/mol. The molecule has 0 aliphatic rings. The Kier molecular flexibility index (Phi) is 5.32. The molecule has 4 heteroatoms. The normalized spacial score (nSPS) is 12.8. The molecule has 0 aliphatic carbocycles. The van der Waals surface area contributed by atoms with Gasteiger partial charge in [0, 0.05) is 30.4 Å². The third-order valence-corrected chi connectivity index (χ3v) is 3.32. The number of aliphatic hydroxyl groups is 1. The predicted octanol–water partition coefficient (Wildman–Crippen LogP) is 2.16. The molecule has 2 N–H and O–H groups in total. The monoisotopic (exact) mass is 273 g/mol. The summed E-state index contributed by atoms with van der Waals surface area (Å²) in [5.74, 6) is 0. The summed E-state index contributed by atoms with van der Waals surface area (Å²) in [5.41, 5.74) is 2.38. The minimum absolute atomic E-state index is 0.0693. The zero-order chi connectivity index (χ0) is 14.4. The van der Waals surface area contributed by atoms with E-state index in [1.165, 1.54) is 5.56 Å². The van der Waals surface area contributed by atoms with Crippen molar-refractivity contribution >= 4 is 0 Å². The summed E-state index contributed by atoms with van der Waals surface area (Å²) in [6, 6.07) is 10.7. The quantitative estimate of drug-likeness (QED) is 0.813. The lowest BCUT2D eigenvalue weighted by Gasteiger charge is -2.15. The average Bonchev–Trinajstić information content (AvgIpc) is 2.93. The Labute approximate surface area is 120 Å². The number of hydrogen-bond acceptors (Lipinski definition) is 3. The Balaban J connectivity index is 1.87. The van der Waals surface area contributed by atoms with Gasteiger partial charge in [0.2, 0.25) is 0 Å². The molecule has 108 valence electrons. The van der Waals surface area contributed by atoms with Gasteiger partial charge in [0.15, 0.2) is 0 Å². The van der Waals surface area contributed by atoms with Crippen LogP contribution in [0.25, 0.3) is 0 Å². The lowest BCUT2D eigenvalue weighted by atomic mass is 10.1. The van der Waals surface area contributed by atoms with Gasteiger partial charge in [-0.05, 0) is 25.8 Å². The van der Waals surface area contributed by atoms with E-state index in [1.807, 2.05) is 29.1 Å². The second-order valence-electron chi connectivity index (χ2n) is 5.37. The first kappa shape index (κ1) is 14.8. The van der Waals surface area contributed by atoms with Crippen molar-refractivity contribution in [1.82, 2.24) is 15.1 Å². The van der Waals surface area contributed by atoms with Gasteiger partial charge in [0.1, 0.15) is 0 Å². The minimum Gasteiger partial charge on any atom is -0.395 e. The summed E-state index contributed by atoms with van der Waals surface area (Å²) in [5, 5.41) is 17.2. The summed E-state index contributed by atoms with van der Waals surface area (Å²) in [6.07, 6.45) is 4.76. The first-order chi connectivity index (χ1) is 9.69. The SMILES string of the molecule is CC(C)n1cc(CN[C@@H](CO)Cc2ccccc2)cn1. The molecule has 0 fully saturated rings. The predicted molar refractivity (Wildman–Crippen MR) is 80.5 cm³/mol. The van der Waals surface area contributed by atoms with Crippen molar-refractivity contribution in [2.75, 3.05) is 6.61 Å². The zero-order valence-corrected chi connectivity index (χ0v) is 12.2. The van der Waals surface area contributed by atoms with Gasteiger partial charge >= 0.3 is 0 Å². The Morgan fingerprint density at radius 1 is 1.20 bits per heavy atom. The van der Waals surface area contributed by atoms with Crippen molar-refractivity contribution < 1.29 is 5.11 Å². The molecule has 4 nitrogen and oxygen atoms in total. The molecule has 1 aromatic carbocycles. The van der Waals surface area contributed by atoms with E-state index in [0.29, 0.717) is 6.04 Å². The van der Waals surface area contributed by atoms with Gasteiger partial charge in [-0.15, -0.1) is 0 Å². The van der Waals surface area contributed by atoms with Gasteiger partial charge < -0.3 is 10.4 Å². The Morgan fingerprint density at radius 3 is 2.55 bits per heavy atom. The van der Waals surface area contributed by atoms with E-state index in [-0.39, 0.29) is 12.6 Å². The fourth-order valence-corrected chi connectivity index (χ4v) is 2.11. The smallest absolute Gasteiger partial charge is 0.0587 e. The highest BCUT2D eigenvalue weighted by Crippen LogP contribution is 2.07. The molecule has 1 aromatic heterocycles. The molecule has 0 unspecified atom stereocenters. The van der Waals surface area contributed by atoms with Crippen LogP contribution in [-0.4, -0.2) is 27.5 Å². The number of nitrogens with zero attached hydrogens (tertiary/aromatic N) is 2. The van der Waals surface area contributed by atoms with Gasteiger partial charge in [-0.25, -0.2) is 0 Å². The molecule has 0 amide bonds. The van der Waals surface area contributed by atoms with Crippen LogP contribution >= 0.6 is 0 Å². The van der Waals surface area contributed by atoms with Gasteiger partial charge in [-0.2, -0.15) is 5.10 Å². The van der Waals surface area contributed by atoms with Crippen LogP contribution in [-0.2, 0) is 13.0 Å². The second-order valence-corrected chi connectivity index (χ2v) is 5.37. The van der Waals surface area contributed by atoms with Crippen molar-refractivity contribution in [3.05, 3.63) is 53.9 Å². The van der Waals surface area contributed by atoms with Crippen LogP contribution in [0.2, 0.25) is 0 Å². The van der Waals surface area contributed by atoms with Crippen LogP contribution in [0.4, 0.5) is 0 Å². The van der Waals surface area contributed by atoms with E-state index in [0.717, 1.165) is 18.5 Å². The van der Waals surface area contributed by atoms with Crippen LogP contribution in [0.1, 0.15) is 31.0 Å². The maximum atomic E-state index is 9.48. The fourth-order valence-electron chi connectivity index (χ4n) is 2.11. The third-order valence-electron chi connectivity index (χ3n) is 3.32. The summed E-state index contributed by atoms with van der Waals surface area (Å²) >= 11 is 0. The largest absolute Gasteiger partial charge is 0.395 e. The van der Waals surface area contributed by atoms with Crippen molar-refractivity contribution in [2.24, 2.45) is 0 Å². The summed E-state index contributed by atoms with van der Waals surface area (Å²) in [7, 11) is 0. The molecule has 1 atom stereocenters. The molecule has 20 heavy (non-hydrogen) atoms. The van der Waals surface area contributed by atoms with Crippen LogP contribution in [0, 0.1) is 0 Å². The van der Waals surface area contributed by atoms with Crippen LogP contribution < -0.4 is 5.32 Å². The Morgan fingerprint density at radius 2 is 1.95 bits per heavy atom.